The van der Waals surface area contributed by atoms with E-state index in [1.165, 1.54) is 6.92 Å². The van der Waals surface area contributed by atoms with Gasteiger partial charge >= 0.3 is 0 Å². The van der Waals surface area contributed by atoms with Crippen molar-refractivity contribution in [2.24, 2.45) is 0 Å². The first-order valence-electron chi connectivity index (χ1n) is 5.28. The maximum Gasteiger partial charge on any atom is 0.239 e. The SMILES string of the molecule is CNC(=O)CN(C)c1ccc(N)c(C(C)=O)c1. The van der Waals surface area contributed by atoms with Gasteiger partial charge in [0, 0.05) is 31.0 Å². The van der Waals surface area contributed by atoms with Crippen LogP contribution in [0.3, 0.4) is 0 Å². The second-order valence-electron chi connectivity index (χ2n) is 3.86. The molecule has 1 aromatic rings. The van der Waals surface area contributed by atoms with Crippen molar-refractivity contribution in [3.05, 3.63) is 23.8 Å². The average molecular weight is 235 g/mol. The summed E-state index contributed by atoms with van der Waals surface area (Å²) < 4.78 is 0. The molecule has 1 amide bonds. The molecule has 0 saturated carbocycles. The van der Waals surface area contributed by atoms with E-state index in [9.17, 15) is 9.59 Å². The second-order valence-corrected chi connectivity index (χ2v) is 3.86. The predicted molar refractivity (Wildman–Crippen MR) is 68.2 cm³/mol. The normalized spacial score (nSPS) is 9.82. The quantitative estimate of drug-likeness (QED) is 0.593. The van der Waals surface area contributed by atoms with Crippen molar-refractivity contribution in [1.29, 1.82) is 0 Å². The molecule has 0 bridgehead atoms. The standard InChI is InChI=1S/C12H17N3O2/c1-8(16)10-6-9(4-5-11(10)13)15(3)7-12(17)14-2/h4-6H,7,13H2,1-3H3,(H,14,17). The average Bonchev–Trinajstić information content (AvgIpc) is 2.28. The Balaban J connectivity index is 2.95. The number of Topliss-reactive ketones (excluding diaryl/α,β-unsaturated/α-hetero) is 1. The van der Waals surface area contributed by atoms with E-state index in [1.807, 2.05) is 0 Å². The summed E-state index contributed by atoms with van der Waals surface area (Å²) in [6, 6.07) is 5.15. The molecule has 1 rings (SSSR count). The fourth-order valence-electron chi connectivity index (χ4n) is 1.47. The number of hydrogen-bond donors (Lipinski definition) is 2. The van der Waals surface area contributed by atoms with Gasteiger partial charge < -0.3 is 16.0 Å². The lowest BCUT2D eigenvalue weighted by Crippen LogP contribution is -2.33. The summed E-state index contributed by atoms with van der Waals surface area (Å²) in [6.45, 7) is 1.70. The molecule has 92 valence electrons. The van der Waals surface area contributed by atoms with Crippen LogP contribution in [0.4, 0.5) is 11.4 Å². The van der Waals surface area contributed by atoms with Crippen LogP contribution >= 0.6 is 0 Å². The minimum atomic E-state index is -0.0892. The van der Waals surface area contributed by atoms with Crippen molar-refractivity contribution in [2.45, 2.75) is 6.92 Å². The lowest BCUT2D eigenvalue weighted by atomic mass is 10.1. The molecule has 0 unspecified atom stereocenters. The zero-order chi connectivity index (χ0) is 13.0. The molecule has 5 heteroatoms. The molecule has 0 saturated heterocycles. The topological polar surface area (TPSA) is 75.4 Å². The Bertz CT molecular complexity index is 443. The highest BCUT2D eigenvalue weighted by atomic mass is 16.2. The van der Waals surface area contributed by atoms with Gasteiger partial charge in [-0.05, 0) is 25.1 Å². The molecule has 0 aliphatic rings. The van der Waals surface area contributed by atoms with Gasteiger partial charge in [0.15, 0.2) is 5.78 Å². The van der Waals surface area contributed by atoms with Crippen molar-refractivity contribution < 1.29 is 9.59 Å². The summed E-state index contributed by atoms with van der Waals surface area (Å²) in [4.78, 5) is 24.3. The first-order chi connectivity index (χ1) is 7.95. The Hall–Kier alpha value is -2.04. The molecule has 0 aliphatic heterocycles. The molecule has 0 spiro atoms. The van der Waals surface area contributed by atoms with Gasteiger partial charge in [-0.3, -0.25) is 9.59 Å². The maximum atomic E-state index is 11.3. The monoisotopic (exact) mass is 235 g/mol. The highest BCUT2D eigenvalue weighted by Crippen LogP contribution is 2.20. The summed E-state index contributed by atoms with van der Waals surface area (Å²) in [7, 11) is 3.37. The van der Waals surface area contributed by atoms with Gasteiger partial charge in [-0.1, -0.05) is 0 Å². The van der Waals surface area contributed by atoms with Crippen molar-refractivity contribution in [2.75, 3.05) is 31.3 Å². The van der Waals surface area contributed by atoms with Crippen molar-refractivity contribution >= 4 is 23.1 Å². The van der Waals surface area contributed by atoms with Crippen molar-refractivity contribution in [3.8, 4) is 0 Å². The summed E-state index contributed by atoms with van der Waals surface area (Å²) >= 11 is 0. The molecule has 0 fully saturated rings. The number of nitrogens with one attached hydrogen (secondary N) is 1. The van der Waals surface area contributed by atoms with E-state index in [-0.39, 0.29) is 18.2 Å². The number of benzene rings is 1. The molecule has 0 aliphatic carbocycles. The lowest BCUT2D eigenvalue weighted by Gasteiger charge is -2.19. The molecule has 0 radical (unpaired) electrons. The molecular formula is C12H17N3O2. The summed E-state index contributed by atoms with van der Waals surface area (Å²) in [5.74, 6) is -0.175. The van der Waals surface area contributed by atoms with Crippen LogP contribution in [0.5, 0.6) is 0 Å². The van der Waals surface area contributed by atoms with Crippen LogP contribution in [0.1, 0.15) is 17.3 Å². The number of anilines is 2. The number of carbonyl (C=O) groups is 2. The van der Waals surface area contributed by atoms with Crippen LogP contribution in [0, 0.1) is 0 Å². The van der Waals surface area contributed by atoms with Crippen LogP contribution in [-0.2, 0) is 4.79 Å². The van der Waals surface area contributed by atoms with Gasteiger partial charge in [0.25, 0.3) is 0 Å². The fraction of sp³-hybridized carbons (Fsp3) is 0.333. The Morgan fingerprint density at radius 3 is 2.59 bits per heavy atom. The van der Waals surface area contributed by atoms with E-state index in [0.29, 0.717) is 11.3 Å². The molecule has 5 nitrogen and oxygen atoms in total. The largest absolute Gasteiger partial charge is 0.398 e. The zero-order valence-electron chi connectivity index (χ0n) is 10.3. The number of ketones is 1. The van der Waals surface area contributed by atoms with E-state index < -0.39 is 0 Å². The molecule has 0 aromatic heterocycles. The maximum absolute atomic E-state index is 11.3. The first-order valence-corrected chi connectivity index (χ1v) is 5.28. The number of carbonyl (C=O) groups excluding carboxylic acids is 2. The lowest BCUT2D eigenvalue weighted by molar-refractivity contribution is -0.119. The number of likely N-dealkylation sites (N-methyl/N-ethyl adjacent to an activating group) is 2. The zero-order valence-corrected chi connectivity index (χ0v) is 10.3. The molecular weight excluding hydrogens is 218 g/mol. The Kier molecular flexibility index (Phi) is 4.09. The van der Waals surface area contributed by atoms with Gasteiger partial charge in [0.1, 0.15) is 0 Å². The summed E-state index contributed by atoms with van der Waals surface area (Å²) in [5.41, 5.74) is 7.42. The van der Waals surface area contributed by atoms with Gasteiger partial charge in [0.05, 0.1) is 6.54 Å². The molecule has 0 atom stereocenters. The number of amides is 1. The first kappa shape index (κ1) is 13.0. The number of nitrogens with zero attached hydrogens (tertiary/aromatic N) is 1. The highest BCUT2D eigenvalue weighted by Gasteiger charge is 2.10. The van der Waals surface area contributed by atoms with Gasteiger partial charge in [-0.2, -0.15) is 0 Å². The van der Waals surface area contributed by atoms with Crippen LogP contribution in [0.2, 0.25) is 0 Å². The van der Waals surface area contributed by atoms with Crippen molar-refractivity contribution in [3.63, 3.8) is 0 Å². The molecule has 3 N–H and O–H groups in total. The smallest absolute Gasteiger partial charge is 0.239 e. The third kappa shape index (κ3) is 3.21. The molecule has 1 aromatic carbocycles. The molecule has 17 heavy (non-hydrogen) atoms. The van der Waals surface area contributed by atoms with Gasteiger partial charge in [-0.25, -0.2) is 0 Å². The van der Waals surface area contributed by atoms with E-state index in [0.717, 1.165) is 5.69 Å². The number of nitrogen functional groups attached to an aromatic ring is 1. The minimum Gasteiger partial charge on any atom is -0.398 e. The minimum absolute atomic E-state index is 0.0855. The Morgan fingerprint density at radius 2 is 2.06 bits per heavy atom. The fourth-order valence-corrected chi connectivity index (χ4v) is 1.47. The van der Waals surface area contributed by atoms with Gasteiger partial charge in [-0.15, -0.1) is 0 Å². The Labute approximate surface area is 101 Å². The van der Waals surface area contributed by atoms with Crippen LogP contribution in [0.15, 0.2) is 18.2 Å². The van der Waals surface area contributed by atoms with Gasteiger partial charge in [0.2, 0.25) is 5.91 Å². The Morgan fingerprint density at radius 1 is 1.41 bits per heavy atom. The second kappa shape index (κ2) is 5.34. The van der Waals surface area contributed by atoms with Crippen LogP contribution in [0.25, 0.3) is 0 Å². The highest BCUT2D eigenvalue weighted by molar-refractivity contribution is 6.00. The molecule has 0 heterocycles. The summed E-state index contributed by atoms with van der Waals surface area (Å²) in [5, 5.41) is 2.54. The third-order valence-corrected chi connectivity index (χ3v) is 2.52. The van der Waals surface area contributed by atoms with E-state index in [4.69, 9.17) is 5.73 Å². The number of rotatable bonds is 4. The number of hydrogen-bond acceptors (Lipinski definition) is 4. The van der Waals surface area contributed by atoms with E-state index in [2.05, 4.69) is 5.32 Å². The third-order valence-electron chi connectivity index (χ3n) is 2.52. The van der Waals surface area contributed by atoms with Crippen LogP contribution < -0.4 is 16.0 Å². The number of nitrogens with two attached hydrogens (primary N) is 1. The van der Waals surface area contributed by atoms with E-state index in [1.54, 1.807) is 37.2 Å². The van der Waals surface area contributed by atoms with E-state index >= 15 is 0 Å². The summed E-state index contributed by atoms with van der Waals surface area (Å²) in [6.07, 6.45) is 0. The van der Waals surface area contributed by atoms with Crippen LogP contribution in [-0.4, -0.2) is 32.3 Å². The van der Waals surface area contributed by atoms with Crippen molar-refractivity contribution in [1.82, 2.24) is 5.32 Å². The predicted octanol–water partition coefficient (Wildman–Crippen LogP) is 0.654.